The van der Waals surface area contributed by atoms with E-state index in [4.69, 9.17) is 9.99 Å². The average Bonchev–Trinajstić information content (AvgIpc) is 2.28. The Labute approximate surface area is 86.2 Å². The van der Waals surface area contributed by atoms with Gasteiger partial charge in [-0.2, -0.15) is 5.26 Å². The highest BCUT2D eigenvalue weighted by Gasteiger charge is 2.18. The van der Waals surface area contributed by atoms with Crippen molar-refractivity contribution in [3.05, 3.63) is 35.4 Å². The highest BCUT2D eigenvalue weighted by Crippen LogP contribution is 2.11. The van der Waals surface area contributed by atoms with Gasteiger partial charge in [-0.25, -0.2) is 9.59 Å². The molecule has 0 amide bonds. The van der Waals surface area contributed by atoms with Gasteiger partial charge in [0.1, 0.15) is 0 Å². The molecule has 0 aromatic heterocycles. The Balaban J connectivity index is 3.06. The highest BCUT2D eigenvalue weighted by atomic mass is 17.1. The van der Waals surface area contributed by atoms with E-state index >= 15 is 0 Å². The van der Waals surface area contributed by atoms with Gasteiger partial charge in [0.05, 0.1) is 17.7 Å². The Morgan fingerprint density at radius 3 is 2.20 bits per heavy atom. The average molecular weight is 210 g/mol. The molecule has 0 aliphatic carbocycles. The monoisotopic (exact) mass is 210 g/mol. The standard InChI is InChI=1S/C10H10O5/c1-2-14-9(11)7-5-3-4-6-8(7)10(12)15-13/h3-6,13H,2H2,1H3. The summed E-state index contributed by atoms with van der Waals surface area (Å²) in [4.78, 5) is 26.0. The minimum absolute atomic E-state index is 0.0292. The normalized spacial score (nSPS) is 9.47. The molecule has 0 aliphatic heterocycles. The predicted molar refractivity (Wildman–Crippen MR) is 50.4 cm³/mol. The zero-order chi connectivity index (χ0) is 11.3. The topological polar surface area (TPSA) is 72.8 Å². The Morgan fingerprint density at radius 2 is 1.73 bits per heavy atom. The number of hydrogen-bond acceptors (Lipinski definition) is 5. The number of hydrogen-bond donors (Lipinski definition) is 1. The number of carbonyl (C=O) groups is 2. The van der Waals surface area contributed by atoms with Crippen molar-refractivity contribution in [2.24, 2.45) is 0 Å². The van der Waals surface area contributed by atoms with E-state index in [1.165, 1.54) is 12.1 Å². The minimum atomic E-state index is -0.987. The fraction of sp³-hybridized carbons (Fsp3) is 0.200. The van der Waals surface area contributed by atoms with Crippen LogP contribution in [-0.2, 0) is 9.62 Å². The molecule has 0 heterocycles. The van der Waals surface area contributed by atoms with Gasteiger partial charge in [-0.15, -0.1) is 0 Å². The SMILES string of the molecule is CCOC(=O)c1ccccc1C(=O)OO. The van der Waals surface area contributed by atoms with E-state index in [-0.39, 0.29) is 17.7 Å². The van der Waals surface area contributed by atoms with Crippen LogP contribution in [0.25, 0.3) is 0 Å². The van der Waals surface area contributed by atoms with Crippen LogP contribution in [0.1, 0.15) is 27.6 Å². The second kappa shape index (κ2) is 5.11. The van der Waals surface area contributed by atoms with Gasteiger partial charge in [-0.1, -0.05) is 12.1 Å². The smallest absolute Gasteiger partial charge is 0.373 e. The Morgan fingerprint density at radius 1 is 1.20 bits per heavy atom. The summed E-state index contributed by atoms with van der Waals surface area (Å²) in [6, 6.07) is 5.92. The Kier molecular flexibility index (Phi) is 3.82. The van der Waals surface area contributed by atoms with Crippen molar-refractivity contribution in [3.8, 4) is 0 Å². The van der Waals surface area contributed by atoms with Crippen molar-refractivity contribution in [2.75, 3.05) is 6.61 Å². The van der Waals surface area contributed by atoms with Gasteiger partial charge >= 0.3 is 11.9 Å². The van der Waals surface area contributed by atoms with Crippen LogP contribution < -0.4 is 0 Å². The number of rotatable bonds is 3. The van der Waals surface area contributed by atoms with Crippen molar-refractivity contribution in [1.82, 2.24) is 0 Å². The molecule has 0 aliphatic rings. The third-order valence-corrected chi connectivity index (χ3v) is 1.73. The maximum Gasteiger partial charge on any atom is 0.373 e. The van der Waals surface area contributed by atoms with Gasteiger partial charge in [-0.3, -0.25) is 4.89 Å². The predicted octanol–water partition coefficient (Wildman–Crippen LogP) is 1.49. The number of carbonyl (C=O) groups excluding carboxylic acids is 2. The lowest BCUT2D eigenvalue weighted by Gasteiger charge is -2.05. The highest BCUT2D eigenvalue weighted by molar-refractivity contribution is 6.02. The molecule has 1 rings (SSSR count). The fourth-order valence-electron chi connectivity index (χ4n) is 1.10. The van der Waals surface area contributed by atoms with E-state index in [1.54, 1.807) is 19.1 Å². The summed E-state index contributed by atoms with van der Waals surface area (Å²) in [6.45, 7) is 1.87. The van der Waals surface area contributed by atoms with Gasteiger partial charge in [-0.05, 0) is 19.1 Å². The second-order valence-electron chi connectivity index (χ2n) is 2.64. The van der Waals surface area contributed by atoms with Crippen LogP contribution in [0, 0.1) is 0 Å². The van der Waals surface area contributed by atoms with Crippen molar-refractivity contribution < 1.29 is 24.5 Å². The van der Waals surface area contributed by atoms with Crippen LogP contribution in [0.2, 0.25) is 0 Å². The van der Waals surface area contributed by atoms with E-state index in [9.17, 15) is 9.59 Å². The second-order valence-corrected chi connectivity index (χ2v) is 2.64. The molecule has 0 saturated carbocycles. The first kappa shape index (κ1) is 11.2. The molecule has 0 unspecified atom stereocenters. The van der Waals surface area contributed by atoms with Gasteiger partial charge in [0, 0.05) is 0 Å². The number of benzene rings is 1. The zero-order valence-electron chi connectivity index (χ0n) is 8.10. The van der Waals surface area contributed by atoms with Crippen LogP contribution in [0.4, 0.5) is 0 Å². The fourth-order valence-corrected chi connectivity index (χ4v) is 1.10. The van der Waals surface area contributed by atoms with Gasteiger partial charge in [0.2, 0.25) is 0 Å². The largest absolute Gasteiger partial charge is 0.462 e. The van der Waals surface area contributed by atoms with Gasteiger partial charge in [0.25, 0.3) is 0 Å². The first-order valence-corrected chi connectivity index (χ1v) is 4.32. The summed E-state index contributed by atoms with van der Waals surface area (Å²) in [5, 5.41) is 8.22. The lowest BCUT2D eigenvalue weighted by Crippen LogP contribution is -2.12. The maximum atomic E-state index is 11.4. The molecule has 80 valence electrons. The quantitative estimate of drug-likeness (QED) is 0.465. The zero-order valence-corrected chi connectivity index (χ0v) is 8.10. The molecule has 5 nitrogen and oxygen atoms in total. The molecule has 0 atom stereocenters. The summed E-state index contributed by atoms with van der Waals surface area (Å²) in [5.41, 5.74) is 0.0388. The third kappa shape index (κ3) is 2.54. The van der Waals surface area contributed by atoms with Crippen molar-refractivity contribution >= 4 is 11.9 Å². The lowest BCUT2D eigenvalue weighted by atomic mass is 10.1. The number of esters is 1. The Bertz CT molecular complexity index is 372. The summed E-state index contributed by atoms with van der Waals surface area (Å²) in [6.07, 6.45) is 0. The first-order valence-electron chi connectivity index (χ1n) is 4.32. The third-order valence-electron chi connectivity index (χ3n) is 1.73. The van der Waals surface area contributed by atoms with E-state index in [0.717, 1.165) is 0 Å². The lowest BCUT2D eigenvalue weighted by molar-refractivity contribution is -0.182. The van der Waals surface area contributed by atoms with Crippen molar-refractivity contribution in [3.63, 3.8) is 0 Å². The summed E-state index contributed by atoms with van der Waals surface area (Å²) < 4.78 is 4.73. The summed E-state index contributed by atoms with van der Waals surface area (Å²) >= 11 is 0. The molecule has 5 heteroatoms. The summed E-state index contributed by atoms with van der Waals surface area (Å²) in [7, 11) is 0. The van der Waals surface area contributed by atoms with Crippen LogP contribution >= 0.6 is 0 Å². The molecule has 1 aromatic carbocycles. The number of ether oxygens (including phenoxy) is 1. The molecule has 15 heavy (non-hydrogen) atoms. The first-order chi connectivity index (χ1) is 7.20. The molecule has 0 fully saturated rings. The van der Waals surface area contributed by atoms with E-state index in [2.05, 4.69) is 4.89 Å². The Hall–Kier alpha value is -1.88. The van der Waals surface area contributed by atoms with Crippen molar-refractivity contribution in [2.45, 2.75) is 6.92 Å². The molecule has 0 radical (unpaired) electrons. The molecule has 0 bridgehead atoms. The molecule has 0 spiro atoms. The van der Waals surface area contributed by atoms with Crippen LogP contribution in [-0.4, -0.2) is 23.8 Å². The molecule has 1 aromatic rings. The molecular formula is C10H10O5. The van der Waals surface area contributed by atoms with Crippen LogP contribution in [0.5, 0.6) is 0 Å². The van der Waals surface area contributed by atoms with Crippen molar-refractivity contribution in [1.29, 1.82) is 0 Å². The van der Waals surface area contributed by atoms with Crippen LogP contribution in [0.15, 0.2) is 24.3 Å². The van der Waals surface area contributed by atoms with E-state index < -0.39 is 11.9 Å². The van der Waals surface area contributed by atoms with Gasteiger partial charge < -0.3 is 4.74 Å². The molecule has 0 saturated heterocycles. The van der Waals surface area contributed by atoms with E-state index in [1.807, 2.05) is 0 Å². The molecular weight excluding hydrogens is 200 g/mol. The molecule has 1 N–H and O–H groups in total. The maximum absolute atomic E-state index is 11.4. The van der Waals surface area contributed by atoms with Crippen LogP contribution in [0.3, 0.4) is 0 Å². The minimum Gasteiger partial charge on any atom is -0.462 e. The summed E-state index contributed by atoms with van der Waals surface area (Å²) in [5.74, 6) is -1.61. The van der Waals surface area contributed by atoms with Gasteiger partial charge in [0.15, 0.2) is 0 Å². The van der Waals surface area contributed by atoms with E-state index in [0.29, 0.717) is 0 Å².